The molecular weight excluding hydrogens is 296 g/mol. The molecule has 1 aromatic carbocycles. The fourth-order valence-electron chi connectivity index (χ4n) is 3.19. The molecule has 0 bridgehead atoms. The van der Waals surface area contributed by atoms with Gasteiger partial charge in [-0.05, 0) is 44.7 Å². The van der Waals surface area contributed by atoms with Crippen LogP contribution >= 0.6 is 23.2 Å². The van der Waals surface area contributed by atoms with Crippen LogP contribution in [0.15, 0.2) is 12.1 Å². The van der Waals surface area contributed by atoms with Crippen LogP contribution in [0.3, 0.4) is 0 Å². The maximum atomic E-state index is 13.6. The minimum absolute atomic E-state index is 0.0531. The van der Waals surface area contributed by atoms with Crippen molar-refractivity contribution < 1.29 is 4.39 Å². The molecule has 1 aliphatic rings. The summed E-state index contributed by atoms with van der Waals surface area (Å²) in [7, 11) is 0. The Labute approximate surface area is 130 Å². The molecule has 1 nitrogen and oxygen atoms in total. The maximum absolute atomic E-state index is 13.6. The molecule has 1 unspecified atom stereocenters. The van der Waals surface area contributed by atoms with Crippen molar-refractivity contribution in [3.63, 3.8) is 0 Å². The molecule has 4 heteroatoms. The minimum atomic E-state index is -0.412. The van der Waals surface area contributed by atoms with Gasteiger partial charge in [0.15, 0.2) is 0 Å². The number of nitrogens with one attached hydrogen (secondary N) is 1. The molecular formula is C16H22Cl2FN. The first-order valence-electron chi connectivity index (χ1n) is 7.40. The lowest BCUT2D eigenvalue weighted by Crippen LogP contribution is -2.36. The molecule has 2 rings (SSSR count). The molecule has 20 heavy (non-hydrogen) atoms. The number of hydrogen-bond donors (Lipinski definition) is 1. The second-order valence-electron chi connectivity index (χ2n) is 5.83. The Kier molecular flexibility index (Phi) is 5.71. The second-order valence-corrected chi connectivity index (χ2v) is 6.62. The topological polar surface area (TPSA) is 12.0 Å². The molecule has 0 aromatic heterocycles. The lowest BCUT2D eigenvalue weighted by atomic mass is 9.84. The van der Waals surface area contributed by atoms with E-state index >= 15 is 0 Å². The molecule has 0 spiro atoms. The molecule has 0 radical (unpaired) electrons. The summed E-state index contributed by atoms with van der Waals surface area (Å²) >= 11 is 12.2. The van der Waals surface area contributed by atoms with Gasteiger partial charge < -0.3 is 5.32 Å². The first-order valence-corrected chi connectivity index (χ1v) is 8.15. The van der Waals surface area contributed by atoms with Crippen LogP contribution < -0.4 is 5.32 Å². The van der Waals surface area contributed by atoms with Gasteiger partial charge in [-0.2, -0.15) is 0 Å². The maximum Gasteiger partial charge on any atom is 0.142 e. The zero-order chi connectivity index (χ0) is 14.7. The summed E-state index contributed by atoms with van der Waals surface area (Å²) in [6.45, 7) is 4.19. The highest BCUT2D eigenvalue weighted by Gasteiger charge is 2.24. The number of benzene rings is 1. The molecule has 0 heterocycles. The third-order valence-electron chi connectivity index (χ3n) is 4.38. The zero-order valence-corrected chi connectivity index (χ0v) is 13.6. The van der Waals surface area contributed by atoms with Crippen molar-refractivity contribution in [1.82, 2.24) is 5.32 Å². The van der Waals surface area contributed by atoms with Crippen LogP contribution in [0.4, 0.5) is 4.39 Å². The second kappa shape index (κ2) is 7.11. The summed E-state index contributed by atoms with van der Waals surface area (Å²) in [5.41, 5.74) is 0.663. The van der Waals surface area contributed by atoms with E-state index in [0.29, 0.717) is 22.5 Å². The number of rotatable bonds is 4. The Morgan fingerprint density at radius 2 is 1.80 bits per heavy atom. The van der Waals surface area contributed by atoms with Crippen LogP contribution in [0.25, 0.3) is 0 Å². The monoisotopic (exact) mass is 317 g/mol. The molecule has 0 saturated heterocycles. The largest absolute Gasteiger partial charge is 0.307 e. The van der Waals surface area contributed by atoms with Crippen LogP contribution in [0, 0.1) is 11.7 Å². The van der Waals surface area contributed by atoms with Gasteiger partial charge in [0, 0.05) is 22.7 Å². The van der Waals surface area contributed by atoms with Crippen LogP contribution in [0.5, 0.6) is 0 Å². The van der Waals surface area contributed by atoms with Crippen LogP contribution in [-0.4, -0.2) is 6.04 Å². The normalized spacial score (nSPS) is 19.9. The predicted octanol–water partition coefficient (Wildman–Crippen LogP) is 5.75. The fraction of sp³-hybridized carbons (Fsp3) is 0.625. The Morgan fingerprint density at radius 3 is 2.45 bits per heavy atom. The molecule has 1 saturated carbocycles. The lowest BCUT2D eigenvalue weighted by Gasteiger charge is -2.31. The van der Waals surface area contributed by atoms with Gasteiger partial charge >= 0.3 is 0 Å². The highest BCUT2D eigenvalue weighted by molar-refractivity contribution is 6.36. The first-order chi connectivity index (χ1) is 9.50. The van der Waals surface area contributed by atoms with Gasteiger partial charge in [0.05, 0.1) is 5.02 Å². The lowest BCUT2D eigenvalue weighted by molar-refractivity contribution is 0.268. The van der Waals surface area contributed by atoms with Crippen LogP contribution in [0.2, 0.25) is 10.0 Å². The van der Waals surface area contributed by atoms with Crippen LogP contribution in [0.1, 0.15) is 57.6 Å². The van der Waals surface area contributed by atoms with E-state index in [0.717, 1.165) is 0 Å². The van der Waals surface area contributed by atoms with Crippen LogP contribution in [-0.2, 0) is 0 Å². The first kappa shape index (κ1) is 16.1. The Balaban J connectivity index is 2.07. The summed E-state index contributed by atoms with van der Waals surface area (Å²) in [5.74, 6) is 0.280. The van der Waals surface area contributed by atoms with Gasteiger partial charge in [0.1, 0.15) is 5.82 Å². The molecule has 1 aromatic rings. The van der Waals surface area contributed by atoms with Gasteiger partial charge in [0.2, 0.25) is 0 Å². The Morgan fingerprint density at radius 1 is 1.15 bits per heavy atom. The third-order valence-corrected chi connectivity index (χ3v) is 5.10. The predicted molar refractivity (Wildman–Crippen MR) is 84.0 cm³/mol. The van der Waals surface area contributed by atoms with E-state index in [1.807, 2.05) is 6.92 Å². The van der Waals surface area contributed by atoms with E-state index in [-0.39, 0.29) is 11.1 Å². The van der Waals surface area contributed by atoms with Crippen molar-refractivity contribution in [2.24, 2.45) is 5.92 Å². The van der Waals surface area contributed by atoms with Gasteiger partial charge in [0.25, 0.3) is 0 Å². The van der Waals surface area contributed by atoms with E-state index < -0.39 is 5.82 Å². The molecule has 2 atom stereocenters. The average Bonchev–Trinajstić information content (AvgIpc) is 2.44. The molecule has 1 N–H and O–H groups in total. The average molecular weight is 318 g/mol. The van der Waals surface area contributed by atoms with Crippen molar-refractivity contribution >= 4 is 23.2 Å². The van der Waals surface area contributed by atoms with Crippen molar-refractivity contribution in [3.8, 4) is 0 Å². The smallest absolute Gasteiger partial charge is 0.142 e. The Bertz CT molecular complexity index is 458. The highest BCUT2D eigenvalue weighted by Crippen LogP contribution is 2.34. The molecule has 0 amide bonds. The summed E-state index contributed by atoms with van der Waals surface area (Å²) < 4.78 is 13.6. The Hall–Kier alpha value is -0.310. The van der Waals surface area contributed by atoms with Gasteiger partial charge in [-0.1, -0.05) is 42.5 Å². The van der Waals surface area contributed by atoms with Crippen molar-refractivity contribution in [2.45, 2.75) is 58.0 Å². The van der Waals surface area contributed by atoms with Gasteiger partial charge in [-0.25, -0.2) is 4.39 Å². The van der Waals surface area contributed by atoms with Crippen molar-refractivity contribution in [3.05, 3.63) is 33.6 Å². The summed E-state index contributed by atoms with van der Waals surface area (Å²) in [5, 5.41) is 4.19. The quantitative estimate of drug-likeness (QED) is 0.697. The van der Waals surface area contributed by atoms with E-state index in [9.17, 15) is 4.39 Å². The zero-order valence-electron chi connectivity index (χ0n) is 12.1. The summed E-state index contributed by atoms with van der Waals surface area (Å²) in [6, 6.07) is 3.22. The van der Waals surface area contributed by atoms with Gasteiger partial charge in [-0.15, -0.1) is 0 Å². The molecule has 0 aliphatic heterocycles. The molecule has 112 valence electrons. The third kappa shape index (κ3) is 3.66. The summed E-state index contributed by atoms with van der Waals surface area (Å²) in [4.78, 5) is 0. The van der Waals surface area contributed by atoms with E-state index in [2.05, 4.69) is 12.2 Å². The summed E-state index contributed by atoms with van der Waals surface area (Å²) in [6.07, 6.45) is 6.51. The van der Waals surface area contributed by atoms with E-state index in [4.69, 9.17) is 23.2 Å². The fourth-order valence-corrected chi connectivity index (χ4v) is 3.89. The molecule has 1 aliphatic carbocycles. The number of hydrogen-bond acceptors (Lipinski definition) is 1. The van der Waals surface area contributed by atoms with Crippen molar-refractivity contribution in [2.75, 3.05) is 0 Å². The molecule has 1 fully saturated rings. The van der Waals surface area contributed by atoms with Crippen molar-refractivity contribution in [1.29, 1.82) is 0 Å². The standard InChI is InChI=1S/C16H22Cl2FN/c1-10(12-6-4-3-5-7-12)20-11(2)15-13(17)8-9-14(19)16(15)18/h8-12,20H,3-7H2,1-2H3/t10-,11?/m0/s1. The highest BCUT2D eigenvalue weighted by atomic mass is 35.5. The van der Waals surface area contributed by atoms with Gasteiger partial charge in [-0.3, -0.25) is 0 Å². The van der Waals surface area contributed by atoms with E-state index in [1.165, 1.54) is 38.2 Å². The SMILES string of the molecule is CC(N[C@@H](C)C1CCCCC1)c1c(Cl)ccc(F)c1Cl. The minimum Gasteiger partial charge on any atom is -0.307 e. The number of halogens is 3. The van der Waals surface area contributed by atoms with E-state index in [1.54, 1.807) is 6.07 Å².